The minimum Gasteiger partial charge on any atom is -0.282 e. The first-order valence-electron chi connectivity index (χ1n) is 5.55. The number of nitrogens with zero attached hydrogens (tertiary/aromatic N) is 2. The maximum atomic E-state index is 3.83. The first-order chi connectivity index (χ1) is 6.95. The van der Waals surface area contributed by atoms with Gasteiger partial charge >= 0.3 is 0 Å². The zero-order valence-corrected chi connectivity index (χ0v) is 13.6. The van der Waals surface area contributed by atoms with Gasteiger partial charge < -0.3 is 0 Å². The number of rotatable bonds is 8. The molecule has 0 heterocycles. The molecular weight excluding hydrogens is 320 g/mol. The minimum absolute atomic E-state index is 0.0153. The fourth-order valence-electron chi connectivity index (χ4n) is 1.65. The van der Waals surface area contributed by atoms with Gasteiger partial charge in [-0.05, 0) is 63.4 Å². The molecule has 15 heavy (non-hydrogen) atoms. The third-order valence-electron chi connectivity index (χ3n) is 2.75. The van der Waals surface area contributed by atoms with Crippen molar-refractivity contribution in [2.45, 2.75) is 36.7 Å². The van der Waals surface area contributed by atoms with Crippen molar-refractivity contribution in [3.05, 3.63) is 0 Å². The monoisotopic (exact) mass is 342 g/mol. The average molecular weight is 344 g/mol. The zero-order valence-electron chi connectivity index (χ0n) is 10.4. The number of hydrogen-bond donors (Lipinski definition) is 0. The van der Waals surface area contributed by atoms with Crippen LogP contribution in [-0.4, -0.2) is 47.9 Å². The standard InChI is InChI=1S/C11H24Br2N2/c1-14(2)11(13,15(3)4)9-7-5-6-8-10-12/h5-10H2,1-4H3. The van der Waals surface area contributed by atoms with Crippen molar-refractivity contribution in [3.63, 3.8) is 0 Å². The summed E-state index contributed by atoms with van der Waals surface area (Å²) in [4.78, 5) is 4.47. The third-order valence-corrected chi connectivity index (χ3v) is 5.12. The lowest BCUT2D eigenvalue weighted by Gasteiger charge is -2.40. The second-order valence-electron chi connectivity index (χ2n) is 4.36. The van der Waals surface area contributed by atoms with Crippen LogP contribution in [0.15, 0.2) is 0 Å². The Balaban J connectivity index is 3.88. The third kappa shape index (κ3) is 5.66. The van der Waals surface area contributed by atoms with E-state index in [9.17, 15) is 0 Å². The molecule has 0 aliphatic carbocycles. The summed E-state index contributed by atoms with van der Waals surface area (Å²) in [5, 5.41) is 1.13. The molecule has 0 saturated heterocycles. The van der Waals surface area contributed by atoms with Gasteiger partial charge in [-0.1, -0.05) is 28.8 Å². The predicted octanol–water partition coefficient (Wildman–Crippen LogP) is 3.50. The first-order valence-corrected chi connectivity index (χ1v) is 7.46. The van der Waals surface area contributed by atoms with Gasteiger partial charge in [-0.25, -0.2) is 0 Å². The van der Waals surface area contributed by atoms with E-state index >= 15 is 0 Å². The molecule has 0 aromatic carbocycles. The lowest BCUT2D eigenvalue weighted by atomic mass is 10.1. The van der Waals surface area contributed by atoms with Gasteiger partial charge in [0.2, 0.25) is 0 Å². The Bertz CT molecular complexity index is 153. The van der Waals surface area contributed by atoms with Gasteiger partial charge in [0.05, 0.1) is 0 Å². The van der Waals surface area contributed by atoms with Crippen molar-refractivity contribution in [2.24, 2.45) is 0 Å². The molecule has 0 amide bonds. The van der Waals surface area contributed by atoms with Gasteiger partial charge in [-0.3, -0.25) is 9.80 Å². The van der Waals surface area contributed by atoms with Crippen LogP contribution in [0.4, 0.5) is 0 Å². The van der Waals surface area contributed by atoms with Crippen LogP contribution in [0, 0.1) is 0 Å². The van der Waals surface area contributed by atoms with Crippen LogP contribution in [0.25, 0.3) is 0 Å². The zero-order chi connectivity index (χ0) is 11.9. The van der Waals surface area contributed by atoms with E-state index in [1.807, 2.05) is 0 Å². The van der Waals surface area contributed by atoms with Crippen LogP contribution >= 0.6 is 31.9 Å². The number of unbranched alkanes of at least 4 members (excludes halogenated alkanes) is 3. The Labute approximate surface area is 112 Å². The summed E-state index contributed by atoms with van der Waals surface area (Å²) in [6.45, 7) is 0. The molecule has 0 aromatic heterocycles. The van der Waals surface area contributed by atoms with Gasteiger partial charge in [0, 0.05) is 5.33 Å². The number of hydrogen-bond acceptors (Lipinski definition) is 2. The molecule has 0 fully saturated rings. The Morgan fingerprint density at radius 1 is 0.867 bits per heavy atom. The Morgan fingerprint density at radius 2 is 1.33 bits per heavy atom. The van der Waals surface area contributed by atoms with Crippen molar-refractivity contribution in [2.75, 3.05) is 33.5 Å². The quantitative estimate of drug-likeness (QED) is 0.288. The smallest absolute Gasteiger partial charge is 0.130 e. The van der Waals surface area contributed by atoms with E-state index < -0.39 is 0 Å². The first kappa shape index (κ1) is 15.9. The molecule has 0 saturated carbocycles. The average Bonchev–Trinajstić information content (AvgIpc) is 2.16. The molecule has 0 radical (unpaired) electrons. The van der Waals surface area contributed by atoms with E-state index in [1.165, 1.54) is 25.7 Å². The normalized spacial score (nSPS) is 12.8. The van der Waals surface area contributed by atoms with Crippen LogP contribution in [-0.2, 0) is 0 Å². The molecule has 0 unspecified atom stereocenters. The van der Waals surface area contributed by atoms with Crippen LogP contribution in [0.5, 0.6) is 0 Å². The van der Waals surface area contributed by atoms with E-state index in [1.54, 1.807) is 0 Å². The Kier molecular flexibility index (Phi) is 8.51. The fourth-order valence-corrected chi connectivity index (χ4v) is 2.32. The van der Waals surface area contributed by atoms with Crippen LogP contribution in [0.2, 0.25) is 0 Å². The van der Waals surface area contributed by atoms with E-state index in [2.05, 4.69) is 69.9 Å². The van der Waals surface area contributed by atoms with Crippen molar-refractivity contribution in [1.82, 2.24) is 9.80 Å². The molecule has 0 aliphatic heterocycles. The highest BCUT2D eigenvalue weighted by Crippen LogP contribution is 2.29. The van der Waals surface area contributed by atoms with Crippen molar-refractivity contribution >= 4 is 31.9 Å². The summed E-state index contributed by atoms with van der Waals surface area (Å²) in [6, 6.07) is 0. The van der Waals surface area contributed by atoms with Crippen molar-refractivity contribution in [1.29, 1.82) is 0 Å². The van der Waals surface area contributed by atoms with E-state index in [0.29, 0.717) is 0 Å². The fraction of sp³-hybridized carbons (Fsp3) is 1.00. The van der Waals surface area contributed by atoms with Gasteiger partial charge in [0.1, 0.15) is 4.57 Å². The van der Waals surface area contributed by atoms with Gasteiger partial charge in [-0.2, -0.15) is 0 Å². The summed E-state index contributed by atoms with van der Waals surface area (Å²) in [7, 11) is 8.47. The molecule has 2 nitrogen and oxygen atoms in total. The van der Waals surface area contributed by atoms with Crippen molar-refractivity contribution in [3.8, 4) is 0 Å². The molecule has 0 aromatic rings. The topological polar surface area (TPSA) is 6.48 Å². The van der Waals surface area contributed by atoms with Crippen LogP contribution in [0.3, 0.4) is 0 Å². The maximum absolute atomic E-state index is 3.83. The highest BCUT2D eigenvalue weighted by Gasteiger charge is 2.30. The lowest BCUT2D eigenvalue weighted by molar-refractivity contribution is 0.0893. The highest BCUT2D eigenvalue weighted by atomic mass is 79.9. The minimum atomic E-state index is 0.0153. The Hall–Kier alpha value is 0.880. The van der Waals surface area contributed by atoms with E-state index in [4.69, 9.17) is 0 Å². The molecule has 92 valence electrons. The molecule has 0 rings (SSSR count). The predicted molar refractivity (Wildman–Crippen MR) is 75.9 cm³/mol. The summed E-state index contributed by atoms with van der Waals surface area (Å²) < 4.78 is 0.0153. The largest absolute Gasteiger partial charge is 0.282 e. The summed E-state index contributed by atoms with van der Waals surface area (Å²) in [6.07, 6.45) is 6.37. The van der Waals surface area contributed by atoms with Crippen LogP contribution in [0.1, 0.15) is 32.1 Å². The number of alkyl halides is 2. The number of halogens is 2. The molecule has 0 aliphatic rings. The molecular formula is C11H24Br2N2. The van der Waals surface area contributed by atoms with Crippen molar-refractivity contribution < 1.29 is 0 Å². The summed E-state index contributed by atoms with van der Waals surface area (Å²) >= 11 is 7.29. The second-order valence-corrected chi connectivity index (χ2v) is 6.42. The molecule has 4 heteroatoms. The lowest BCUT2D eigenvalue weighted by Crippen LogP contribution is -2.49. The van der Waals surface area contributed by atoms with Gasteiger partial charge in [-0.15, -0.1) is 0 Å². The van der Waals surface area contributed by atoms with Crippen LogP contribution < -0.4 is 0 Å². The molecule has 0 bridgehead atoms. The van der Waals surface area contributed by atoms with Gasteiger partial charge in [0.25, 0.3) is 0 Å². The molecule has 0 spiro atoms. The summed E-state index contributed by atoms with van der Waals surface area (Å²) in [5.74, 6) is 0. The summed E-state index contributed by atoms with van der Waals surface area (Å²) in [5.41, 5.74) is 0. The SMILES string of the molecule is CN(C)C(Br)(CCCCCCBr)N(C)C. The molecule has 0 atom stereocenters. The van der Waals surface area contributed by atoms with E-state index in [-0.39, 0.29) is 4.57 Å². The van der Waals surface area contributed by atoms with Gasteiger partial charge in [0.15, 0.2) is 0 Å². The Morgan fingerprint density at radius 3 is 1.73 bits per heavy atom. The van der Waals surface area contributed by atoms with E-state index in [0.717, 1.165) is 11.8 Å². The highest BCUT2D eigenvalue weighted by molar-refractivity contribution is 9.10. The second kappa shape index (κ2) is 8.04. The molecule has 0 N–H and O–H groups in total. The maximum Gasteiger partial charge on any atom is 0.130 e.